The second kappa shape index (κ2) is 11.8. The molecule has 2 aromatic rings. The number of carbonyl (C=O) groups excluding carboxylic acids is 2. The van der Waals surface area contributed by atoms with Gasteiger partial charge in [0.25, 0.3) is 0 Å². The third-order valence-corrected chi connectivity index (χ3v) is 7.71. The maximum atomic E-state index is 13.6. The Kier molecular flexibility index (Phi) is 9.66. The first-order valence-corrected chi connectivity index (χ1v) is 13.2. The van der Waals surface area contributed by atoms with Crippen LogP contribution < -0.4 is 9.62 Å². The number of nitrogens with zero attached hydrogens (tertiary/aromatic N) is 3. The van der Waals surface area contributed by atoms with E-state index in [-0.39, 0.29) is 12.5 Å². The molecule has 2 amide bonds. The summed E-state index contributed by atoms with van der Waals surface area (Å²) in [4.78, 5) is 27.7. The molecule has 0 saturated heterocycles. The van der Waals surface area contributed by atoms with E-state index in [1.807, 2.05) is 43.3 Å². The topological polar surface area (TPSA) is 90.0 Å². The average molecular weight is 554 g/mol. The average Bonchev–Trinajstić information content (AvgIpc) is 2.77. The van der Waals surface area contributed by atoms with Crippen molar-refractivity contribution in [3.8, 4) is 0 Å². The summed E-state index contributed by atoms with van der Waals surface area (Å²) in [6.45, 7) is 7.24. The highest BCUT2D eigenvalue weighted by Crippen LogP contribution is 2.26. The van der Waals surface area contributed by atoms with E-state index in [1.54, 1.807) is 26.8 Å². The van der Waals surface area contributed by atoms with Crippen molar-refractivity contribution in [1.29, 1.82) is 0 Å². The van der Waals surface area contributed by atoms with Crippen molar-refractivity contribution in [2.24, 2.45) is 0 Å². The Morgan fingerprint density at radius 3 is 2.35 bits per heavy atom. The van der Waals surface area contributed by atoms with E-state index in [4.69, 9.17) is 0 Å². The van der Waals surface area contributed by atoms with Crippen LogP contribution >= 0.6 is 15.9 Å². The Hall–Kier alpha value is -2.43. The third kappa shape index (κ3) is 6.80. The Morgan fingerprint density at radius 2 is 1.76 bits per heavy atom. The Morgan fingerprint density at radius 1 is 1.09 bits per heavy atom. The predicted octanol–water partition coefficient (Wildman–Crippen LogP) is 3.23. The molecule has 8 nitrogen and oxygen atoms in total. The number of aryl methyl sites for hydroxylation is 2. The molecule has 0 aliphatic rings. The first-order valence-electron chi connectivity index (χ1n) is 11.0. The summed E-state index contributed by atoms with van der Waals surface area (Å²) >= 11 is 3.43. The molecule has 34 heavy (non-hydrogen) atoms. The molecule has 1 N–H and O–H groups in total. The van der Waals surface area contributed by atoms with Gasteiger partial charge in [-0.15, -0.1) is 0 Å². The number of amides is 2. The van der Waals surface area contributed by atoms with Crippen LogP contribution in [0, 0.1) is 13.8 Å². The van der Waals surface area contributed by atoms with Crippen LogP contribution in [-0.2, 0) is 26.3 Å². The number of rotatable bonds is 10. The predicted molar refractivity (Wildman–Crippen MR) is 139 cm³/mol. The van der Waals surface area contributed by atoms with Crippen LogP contribution in [0.5, 0.6) is 0 Å². The van der Waals surface area contributed by atoms with Gasteiger partial charge in [-0.25, -0.2) is 4.31 Å². The molecule has 0 aliphatic heterocycles. The number of hydrogen-bond acceptors (Lipinski definition) is 4. The van der Waals surface area contributed by atoms with Gasteiger partial charge in [-0.3, -0.25) is 9.59 Å². The zero-order valence-electron chi connectivity index (χ0n) is 20.5. The summed E-state index contributed by atoms with van der Waals surface area (Å²) < 4.78 is 29.5. The van der Waals surface area contributed by atoms with Gasteiger partial charge in [0, 0.05) is 31.7 Å². The Bertz CT molecular complexity index is 1140. The van der Waals surface area contributed by atoms with Crippen molar-refractivity contribution in [2.75, 3.05) is 31.5 Å². The molecule has 1 unspecified atom stereocenters. The van der Waals surface area contributed by atoms with Gasteiger partial charge in [0.2, 0.25) is 11.8 Å². The molecule has 0 radical (unpaired) electrons. The smallest absolute Gasteiger partial charge is 0.304 e. The molecule has 186 valence electrons. The fourth-order valence-electron chi connectivity index (χ4n) is 3.43. The van der Waals surface area contributed by atoms with Crippen LogP contribution in [0.2, 0.25) is 0 Å². The molecule has 10 heteroatoms. The number of halogens is 1. The van der Waals surface area contributed by atoms with Crippen LogP contribution in [-0.4, -0.2) is 62.7 Å². The molecule has 2 rings (SSSR count). The minimum atomic E-state index is -3.98. The van der Waals surface area contributed by atoms with E-state index in [0.29, 0.717) is 12.2 Å². The lowest BCUT2D eigenvalue weighted by Crippen LogP contribution is -2.52. The van der Waals surface area contributed by atoms with Crippen molar-refractivity contribution in [3.63, 3.8) is 0 Å². The SMILES string of the molecule is CCNC(=O)C(C)N(Cc1cccc(Br)c1)C(=O)CN(c1cc(C)ccc1C)S(=O)(=O)N(C)C. The Balaban J connectivity index is 2.51. The maximum absolute atomic E-state index is 13.6. The standard InChI is InChI=1S/C24H33BrN4O4S/c1-7-26-24(31)19(4)28(15-20-9-8-10-21(25)14-20)23(30)16-29(34(32,33)27(5)6)22-13-17(2)11-12-18(22)3/h8-14,19H,7,15-16H2,1-6H3,(H,26,31). The van der Waals surface area contributed by atoms with Crippen molar-refractivity contribution >= 4 is 43.6 Å². The van der Waals surface area contributed by atoms with Crippen LogP contribution in [0.3, 0.4) is 0 Å². The summed E-state index contributed by atoms with van der Waals surface area (Å²) in [6.07, 6.45) is 0. The first-order chi connectivity index (χ1) is 15.9. The van der Waals surface area contributed by atoms with Crippen molar-refractivity contribution in [2.45, 2.75) is 40.3 Å². The highest BCUT2D eigenvalue weighted by Gasteiger charge is 2.33. The molecule has 1 atom stereocenters. The van der Waals surface area contributed by atoms with Crippen molar-refractivity contribution in [1.82, 2.24) is 14.5 Å². The number of benzene rings is 2. The molecule has 0 heterocycles. The normalized spacial score (nSPS) is 12.4. The first kappa shape index (κ1) is 27.8. The second-order valence-electron chi connectivity index (χ2n) is 8.31. The van der Waals surface area contributed by atoms with E-state index in [9.17, 15) is 18.0 Å². The lowest BCUT2D eigenvalue weighted by atomic mass is 10.1. The van der Waals surface area contributed by atoms with Crippen LogP contribution in [0.25, 0.3) is 0 Å². The van der Waals surface area contributed by atoms with Gasteiger partial charge in [-0.2, -0.15) is 12.7 Å². The summed E-state index contributed by atoms with van der Waals surface area (Å²) in [5, 5.41) is 2.75. The summed E-state index contributed by atoms with van der Waals surface area (Å²) in [5.74, 6) is -0.787. The van der Waals surface area contributed by atoms with Gasteiger partial charge in [-0.05, 0) is 62.6 Å². The summed E-state index contributed by atoms with van der Waals surface area (Å²) in [5.41, 5.74) is 2.83. The van der Waals surface area contributed by atoms with E-state index < -0.39 is 28.7 Å². The van der Waals surface area contributed by atoms with Crippen molar-refractivity contribution < 1.29 is 18.0 Å². The van der Waals surface area contributed by atoms with E-state index >= 15 is 0 Å². The van der Waals surface area contributed by atoms with E-state index in [2.05, 4.69) is 21.2 Å². The highest BCUT2D eigenvalue weighted by molar-refractivity contribution is 9.10. The van der Waals surface area contributed by atoms with Gasteiger partial charge in [0.1, 0.15) is 12.6 Å². The second-order valence-corrected chi connectivity index (χ2v) is 11.3. The third-order valence-electron chi connectivity index (χ3n) is 5.41. The molecule has 0 spiro atoms. The van der Waals surface area contributed by atoms with Crippen LogP contribution in [0.15, 0.2) is 46.9 Å². The van der Waals surface area contributed by atoms with Gasteiger partial charge in [0.15, 0.2) is 0 Å². The fraction of sp³-hybridized carbons (Fsp3) is 0.417. The summed E-state index contributed by atoms with van der Waals surface area (Å²) in [6, 6.07) is 12.1. The number of carbonyl (C=O) groups is 2. The largest absolute Gasteiger partial charge is 0.355 e. The molecule has 2 aromatic carbocycles. The Labute approximate surface area is 211 Å². The zero-order valence-corrected chi connectivity index (χ0v) is 22.9. The monoisotopic (exact) mass is 552 g/mol. The maximum Gasteiger partial charge on any atom is 0.304 e. The zero-order chi connectivity index (χ0) is 25.6. The van der Waals surface area contributed by atoms with Gasteiger partial charge >= 0.3 is 10.2 Å². The van der Waals surface area contributed by atoms with E-state index in [0.717, 1.165) is 29.8 Å². The van der Waals surface area contributed by atoms with Crippen LogP contribution in [0.1, 0.15) is 30.5 Å². The molecular formula is C24H33BrN4O4S. The molecule has 0 aliphatic carbocycles. The van der Waals surface area contributed by atoms with Gasteiger partial charge in [-0.1, -0.05) is 40.2 Å². The van der Waals surface area contributed by atoms with Gasteiger partial charge < -0.3 is 10.2 Å². The van der Waals surface area contributed by atoms with Crippen molar-refractivity contribution in [3.05, 3.63) is 63.6 Å². The quantitative estimate of drug-likeness (QED) is 0.490. The lowest BCUT2D eigenvalue weighted by molar-refractivity contribution is -0.139. The lowest BCUT2D eigenvalue weighted by Gasteiger charge is -2.33. The number of hydrogen-bond donors (Lipinski definition) is 1. The molecule has 0 fully saturated rings. The van der Waals surface area contributed by atoms with Crippen LogP contribution in [0.4, 0.5) is 5.69 Å². The number of anilines is 1. The number of likely N-dealkylation sites (N-methyl/N-ethyl adjacent to an activating group) is 1. The summed E-state index contributed by atoms with van der Waals surface area (Å²) in [7, 11) is -1.13. The van der Waals surface area contributed by atoms with Gasteiger partial charge in [0.05, 0.1) is 5.69 Å². The van der Waals surface area contributed by atoms with E-state index in [1.165, 1.54) is 19.0 Å². The fourth-order valence-corrected chi connectivity index (χ4v) is 4.99. The minimum Gasteiger partial charge on any atom is -0.355 e. The minimum absolute atomic E-state index is 0.152. The highest BCUT2D eigenvalue weighted by atomic mass is 79.9. The molecule has 0 saturated carbocycles. The molecule has 0 bridgehead atoms. The molecular weight excluding hydrogens is 520 g/mol. The number of nitrogens with one attached hydrogen (secondary N) is 1. The molecule has 0 aromatic heterocycles.